The lowest BCUT2D eigenvalue weighted by atomic mass is 9.89. The van der Waals surface area contributed by atoms with E-state index in [1.807, 2.05) is 0 Å². The fourth-order valence-electron chi connectivity index (χ4n) is 1.52. The summed E-state index contributed by atoms with van der Waals surface area (Å²) in [4.78, 5) is 0. The molecule has 0 aliphatic rings. The van der Waals surface area contributed by atoms with Gasteiger partial charge in [-0.15, -0.1) is 0 Å². The molecular formula is C11H13ClF3N. The van der Waals surface area contributed by atoms with Crippen LogP contribution < -0.4 is 5.32 Å². The zero-order valence-electron chi connectivity index (χ0n) is 9.24. The zero-order chi connectivity index (χ0) is 12.6. The van der Waals surface area contributed by atoms with Crippen molar-refractivity contribution in [3.63, 3.8) is 0 Å². The molecule has 0 fully saturated rings. The van der Waals surface area contributed by atoms with Crippen molar-refractivity contribution in [3.8, 4) is 0 Å². The molecule has 0 amide bonds. The van der Waals surface area contributed by atoms with Gasteiger partial charge >= 0.3 is 6.18 Å². The molecule has 0 spiro atoms. The van der Waals surface area contributed by atoms with Crippen molar-refractivity contribution in [1.82, 2.24) is 5.32 Å². The largest absolute Gasteiger partial charge is 0.416 e. The molecule has 0 unspecified atom stereocenters. The van der Waals surface area contributed by atoms with Gasteiger partial charge in [0, 0.05) is 16.1 Å². The molecule has 0 radical (unpaired) electrons. The SMILES string of the molecule is CNC(C)(C)c1c(Cl)cccc1C(F)(F)F. The van der Waals surface area contributed by atoms with Crippen LogP contribution in [0.25, 0.3) is 0 Å². The highest BCUT2D eigenvalue weighted by Gasteiger charge is 2.38. The van der Waals surface area contributed by atoms with Crippen molar-refractivity contribution in [2.24, 2.45) is 0 Å². The van der Waals surface area contributed by atoms with E-state index in [1.165, 1.54) is 12.1 Å². The van der Waals surface area contributed by atoms with Gasteiger partial charge in [-0.05, 0) is 33.0 Å². The summed E-state index contributed by atoms with van der Waals surface area (Å²) >= 11 is 5.86. The molecule has 1 nitrogen and oxygen atoms in total. The molecular weight excluding hydrogens is 239 g/mol. The molecule has 1 rings (SSSR count). The van der Waals surface area contributed by atoms with Crippen LogP contribution in [0.3, 0.4) is 0 Å². The Morgan fingerprint density at radius 3 is 2.19 bits per heavy atom. The average Bonchev–Trinajstić information content (AvgIpc) is 2.15. The third-order valence-electron chi connectivity index (χ3n) is 2.57. The first kappa shape index (κ1) is 13.3. The van der Waals surface area contributed by atoms with Crippen molar-refractivity contribution in [2.75, 3.05) is 7.05 Å². The topological polar surface area (TPSA) is 12.0 Å². The second-order valence-electron chi connectivity index (χ2n) is 4.04. The molecule has 1 aromatic carbocycles. The summed E-state index contributed by atoms with van der Waals surface area (Å²) in [5.74, 6) is 0. The van der Waals surface area contributed by atoms with Crippen molar-refractivity contribution in [2.45, 2.75) is 25.6 Å². The summed E-state index contributed by atoms with van der Waals surface area (Å²) < 4.78 is 38.4. The first-order chi connectivity index (χ1) is 7.20. The van der Waals surface area contributed by atoms with E-state index in [4.69, 9.17) is 11.6 Å². The van der Waals surface area contributed by atoms with Crippen LogP contribution in [0.1, 0.15) is 25.0 Å². The van der Waals surface area contributed by atoms with Crippen molar-refractivity contribution in [3.05, 3.63) is 34.3 Å². The number of nitrogens with one attached hydrogen (secondary N) is 1. The minimum atomic E-state index is -4.39. The summed E-state index contributed by atoms with van der Waals surface area (Å²) in [5.41, 5.74) is -1.45. The van der Waals surface area contributed by atoms with Gasteiger partial charge in [-0.2, -0.15) is 13.2 Å². The van der Waals surface area contributed by atoms with E-state index in [2.05, 4.69) is 5.32 Å². The molecule has 0 heterocycles. The molecule has 5 heteroatoms. The Bertz CT molecular complexity index is 385. The lowest BCUT2D eigenvalue weighted by Crippen LogP contribution is -2.35. The maximum Gasteiger partial charge on any atom is 0.416 e. The summed E-state index contributed by atoms with van der Waals surface area (Å²) in [6.07, 6.45) is -4.39. The van der Waals surface area contributed by atoms with E-state index in [1.54, 1.807) is 20.9 Å². The minimum Gasteiger partial charge on any atom is -0.311 e. The minimum absolute atomic E-state index is 0.0756. The summed E-state index contributed by atoms with van der Waals surface area (Å²) in [6.45, 7) is 3.31. The Morgan fingerprint density at radius 1 is 1.19 bits per heavy atom. The predicted molar refractivity (Wildman–Crippen MR) is 58.5 cm³/mol. The number of alkyl halides is 3. The number of benzene rings is 1. The lowest BCUT2D eigenvalue weighted by Gasteiger charge is -2.29. The highest BCUT2D eigenvalue weighted by molar-refractivity contribution is 6.31. The first-order valence-corrected chi connectivity index (χ1v) is 5.13. The maximum atomic E-state index is 12.8. The van der Waals surface area contributed by atoms with Gasteiger partial charge in [0.2, 0.25) is 0 Å². The molecule has 0 saturated heterocycles. The molecule has 16 heavy (non-hydrogen) atoms. The van der Waals surface area contributed by atoms with E-state index in [0.717, 1.165) is 6.07 Å². The highest BCUT2D eigenvalue weighted by atomic mass is 35.5. The van der Waals surface area contributed by atoms with Crippen LogP contribution in [0.5, 0.6) is 0 Å². The first-order valence-electron chi connectivity index (χ1n) is 4.75. The van der Waals surface area contributed by atoms with Crippen LogP contribution in [-0.2, 0) is 11.7 Å². The number of halogens is 4. The van der Waals surface area contributed by atoms with Crippen molar-refractivity contribution >= 4 is 11.6 Å². The van der Waals surface area contributed by atoms with E-state index in [-0.39, 0.29) is 10.6 Å². The Morgan fingerprint density at radius 2 is 1.75 bits per heavy atom. The quantitative estimate of drug-likeness (QED) is 0.843. The van der Waals surface area contributed by atoms with E-state index < -0.39 is 17.3 Å². The Labute approximate surface area is 97.6 Å². The van der Waals surface area contributed by atoms with Crippen LogP contribution in [0.2, 0.25) is 5.02 Å². The van der Waals surface area contributed by atoms with Gasteiger partial charge in [-0.1, -0.05) is 17.7 Å². The number of hydrogen-bond acceptors (Lipinski definition) is 1. The van der Waals surface area contributed by atoms with Crippen LogP contribution in [-0.4, -0.2) is 7.05 Å². The fourth-order valence-corrected chi connectivity index (χ4v) is 1.93. The van der Waals surface area contributed by atoms with E-state index in [0.29, 0.717) is 0 Å². The van der Waals surface area contributed by atoms with Crippen molar-refractivity contribution in [1.29, 1.82) is 0 Å². The standard InChI is InChI=1S/C11H13ClF3N/c1-10(2,16-3)9-7(11(13,14)15)5-4-6-8(9)12/h4-6,16H,1-3H3. The molecule has 0 saturated carbocycles. The molecule has 90 valence electrons. The summed E-state index contributed by atoms with van der Waals surface area (Å²) in [5, 5.41) is 2.95. The maximum absolute atomic E-state index is 12.8. The van der Waals surface area contributed by atoms with Gasteiger partial charge < -0.3 is 5.32 Å². The number of hydrogen-bond donors (Lipinski definition) is 1. The van der Waals surface area contributed by atoms with Crippen LogP contribution in [0.15, 0.2) is 18.2 Å². The second kappa shape index (κ2) is 4.26. The number of rotatable bonds is 2. The third kappa shape index (κ3) is 2.50. The average molecular weight is 252 g/mol. The predicted octanol–water partition coefficient (Wildman–Crippen LogP) is 3.81. The molecule has 0 aromatic heterocycles. The van der Waals surface area contributed by atoms with Gasteiger partial charge in [-0.3, -0.25) is 0 Å². The van der Waals surface area contributed by atoms with Gasteiger partial charge in [0.15, 0.2) is 0 Å². The summed E-state index contributed by atoms with van der Waals surface area (Å²) in [6, 6.07) is 3.81. The normalized spacial score (nSPS) is 12.9. The Balaban J connectivity index is 3.48. The molecule has 1 N–H and O–H groups in total. The third-order valence-corrected chi connectivity index (χ3v) is 2.88. The monoisotopic (exact) mass is 251 g/mol. The lowest BCUT2D eigenvalue weighted by molar-refractivity contribution is -0.138. The van der Waals surface area contributed by atoms with Crippen molar-refractivity contribution < 1.29 is 13.2 Å². The van der Waals surface area contributed by atoms with Gasteiger partial charge in [0.25, 0.3) is 0 Å². The fraction of sp³-hybridized carbons (Fsp3) is 0.455. The molecule has 0 aliphatic heterocycles. The van der Waals surface area contributed by atoms with Gasteiger partial charge in [0.1, 0.15) is 0 Å². The zero-order valence-corrected chi connectivity index (χ0v) is 10.00. The van der Waals surface area contributed by atoms with E-state index in [9.17, 15) is 13.2 Å². The molecule has 0 aliphatic carbocycles. The molecule has 0 atom stereocenters. The van der Waals surface area contributed by atoms with Gasteiger partial charge in [-0.25, -0.2) is 0 Å². The Kier molecular flexibility index (Phi) is 3.55. The van der Waals surface area contributed by atoms with Gasteiger partial charge in [0.05, 0.1) is 5.56 Å². The van der Waals surface area contributed by atoms with Crippen LogP contribution in [0, 0.1) is 0 Å². The summed E-state index contributed by atoms with van der Waals surface area (Å²) in [7, 11) is 1.60. The van der Waals surface area contributed by atoms with Crippen LogP contribution >= 0.6 is 11.6 Å². The van der Waals surface area contributed by atoms with Crippen LogP contribution in [0.4, 0.5) is 13.2 Å². The smallest absolute Gasteiger partial charge is 0.311 e. The highest BCUT2D eigenvalue weighted by Crippen LogP contribution is 2.39. The Hall–Kier alpha value is -0.740. The second-order valence-corrected chi connectivity index (χ2v) is 4.44. The molecule has 1 aromatic rings. The molecule has 0 bridgehead atoms. The van der Waals surface area contributed by atoms with E-state index >= 15 is 0 Å².